The number of nitrogens with one attached hydrogen (secondary N) is 1. The van der Waals surface area contributed by atoms with Gasteiger partial charge in [0.05, 0.1) is 6.54 Å². The fraction of sp³-hybridized carbons (Fsp3) is 0.235. The van der Waals surface area contributed by atoms with Crippen LogP contribution < -0.4 is 15.8 Å². The number of benzene rings is 2. The Kier molecular flexibility index (Phi) is 5.19. The van der Waals surface area contributed by atoms with Crippen LogP contribution in [0.3, 0.4) is 0 Å². The van der Waals surface area contributed by atoms with E-state index in [2.05, 4.69) is 11.2 Å². The molecule has 2 rings (SSSR count). The molecule has 0 radical (unpaired) electrons. The van der Waals surface area contributed by atoms with Gasteiger partial charge < -0.3 is 15.8 Å². The van der Waals surface area contributed by atoms with Crippen LogP contribution in [0.25, 0.3) is 10.8 Å². The zero-order valence-electron chi connectivity index (χ0n) is 11.8. The molecule has 0 heterocycles. The smallest absolute Gasteiger partial charge is 0.258 e. The second-order valence-electron chi connectivity index (χ2n) is 4.57. The van der Waals surface area contributed by atoms with Gasteiger partial charge in [-0.25, -0.2) is 0 Å². The molecule has 0 saturated carbocycles. The van der Waals surface area contributed by atoms with E-state index >= 15 is 0 Å². The molecule has 2 aromatic carbocycles. The molecule has 21 heavy (non-hydrogen) atoms. The van der Waals surface area contributed by atoms with E-state index in [1.54, 1.807) is 0 Å². The number of hydrogen-bond donors (Lipinski definition) is 2. The molecule has 0 unspecified atom stereocenters. The maximum absolute atomic E-state index is 11.6. The van der Waals surface area contributed by atoms with Crippen molar-refractivity contribution in [2.24, 2.45) is 5.73 Å². The summed E-state index contributed by atoms with van der Waals surface area (Å²) in [5.74, 6) is 2.80. The highest BCUT2D eigenvalue weighted by molar-refractivity contribution is 5.88. The highest BCUT2D eigenvalue weighted by Crippen LogP contribution is 2.28. The summed E-state index contributed by atoms with van der Waals surface area (Å²) in [7, 11) is 0. The normalized spacial score (nSPS) is 10.1. The third-order valence-corrected chi connectivity index (χ3v) is 3.14. The molecule has 3 N–H and O–H groups in total. The lowest BCUT2D eigenvalue weighted by molar-refractivity contribution is -0.122. The molecule has 108 valence electrons. The molecule has 1 amide bonds. The van der Waals surface area contributed by atoms with Crippen molar-refractivity contribution < 1.29 is 9.53 Å². The Hall–Kier alpha value is -2.51. The van der Waals surface area contributed by atoms with E-state index in [0.717, 1.165) is 16.3 Å². The molecule has 0 aliphatic carbocycles. The molecular formula is C17H18N2O2. The van der Waals surface area contributed by atoms with Gasteiger partial charge in [-0.3, -0.25) is 4.79 Å². The number of nitrogens with two attached hydrogens (primary N) is 1. The molecule has 0 fully saturated rings. The summed E-state index contributed by atoms with van der Waals surface area (Å²) < 4.78 is 5.62. The topological polar surface area (TPSA) is 64.3 Å². The summed E-state index contributed by atoms with van der Waals surface area (Å²) in [6.07, 6.45) is 5.79. The predicted molar refractivity (Wildman–Crippen MR) is 84.0 cm³/mol. The van der Waals surface area contributed by atoms with Crippen LogP contribution >= 0.6 is 0 Å². The van der Waals surface area contributed by atoms with Gasteiger partial charge in [-0.05, 0) is 29.8 Å². The van der Waals surface area contributed by atoms with Gasteiger partial charge in [0.25, 0.3) is 5.91 Å². The SMILES string of the molecule is C#CCNC(=O)COc1ccc2ccccc2c1CCN. The Morgan fingerprint density at radius 3 is 2.86 bits per heavy atom. The van der Waals surface area contributed by atoms with E-state index in [0.29, 0.717) is 18.7 Å². The summed E-state index contributed by atoms with van der Waals surface area (Å²) >= 11 is 0. The summed E-state index contributed by atoms with van der Waals surface area (Å²) in [4.78, 5) is 11.6. The number of amides is 1. The summed E-state index contributed by atoms with van der Waals surface area (Å²) in [5, 5.41) is 4.80. The van der Waals surface area contributed by atoms with Crippen molar-refractivity contribution in [3.8, 4) is 18.1 Å². The monoisotopic (exact) mass is 282 g/mol. The van der Waals surface area contributed by atoms with Crippen LogP contribution in [-0.4, -0.2) is 25.6 Å². The van der Waals surface area contributed by atoms with Gasteiger partial charge >= 0.3 is 0 Å². The molecular weight excluding hydrogens is 264 g/mol. The molecule has 4 nitrogen and oxygen atoms in total. The first kappa shape index (κ1) is 14.9. The number of fused-ring (bicyclic) bond motifs is 1. The van der Waals surface area contributed by atoms with E-state index in [1.807, 2.05) is 36.4 Å². The van der Waals surface area contributed by atoms with E-state index in [-0.39, 0.29) is 19.1 Å². The maximum Gasteiger partial charge on any atom is 0.258 e. The minimum Gasteiger partial charge on any atom is -0.483 e. The lowest BCUT2D eigenvalue weighted by Gasteiger charge is -2.13. The van der Waals surface area contributed by atoms with Gasteiger partial charge in [0.15, 0.2) is 6.61 Å². The lowest BCUT2D eigenvalue weighted by atomic mass is 10.0. The molecule has 0 atom stereocenters. The highest BCUT2D eigenvalue weighted by Gasteiger charge is 2.09. The van der Waals surface area contributed by atoms with E-state index < -0.39 is 0 Å². The first-order valence-electron chi connectivity index (χ1n) is 6.80. The molecule has 0 aromatic heterocycles. The third-order valence-electron chi connectivity index (χ3n) is 3.14. The van der Waals surface area contributed by atoms with Crippen LogP contribution in [0.5, 0.6) is 5.75 Å². The van der Waals surface area contributed by atoms with E-state index in [4.69, 9.17) is 16.9 Å². The summed E-state index contributed by atoms with van der Waals surface area (Å²) in [5.41, 5.74) is 6.71. The number of terminal acetylenes is 1. The Bertz CT molecular complexity index is 674. The largest absolute Gasteiger partial charge is 0.483 e. The van der Waals surface area contributed by atoms with Gasteiger partial charge in [-0.15, -0.1) is 6.42 Å². The average Bonchev–Trinajstić information content (AvgIpc) is 2.52. The molecule has 4 heteroatoms. The number of ether oxygens (including phenoxy) is 1. The van der Waals surface area contributed by atoms with E-state index in [9.17, 15) is 4.79 Å². The van der Waals surface area contributed by atoms with Crippen LogP contribution in [0.4, 0.5) is 0 Å². The first-order valence-corrected chi connectivity index (χ1v) is 6.80. The Balaban J connectivity index is 2.21. The van der Waals surface area contributed by atoms with Gasteiger partial charge in [0, 0.05) is 5.56 Å². The average molecular weight is 282 g/mol. The highest BCUT2D eigenvalue weighted by atomic mass is 16.5. The molecule has 0 saturated heterocycles. The van der Waals surface area contributed by atoms with Crippen LogP contribution in [0.15, 0.2) is 36.4 Å². The minimum atomic E-state index is -0.236. The lowest BCUT2D eigenvalue weighted by Crippen LogP contribution is -2.29. The Labute approximate surface area is 124 Å². The van der Waals surface area contributed by atoms with Gasteiger partial charge in [0.2, 0.25) is 0 Å². The molecule has 0 bridgehead atoms. The molecule has 0 aliphatic heterocycles. The second kappa shape index (κ2) is 7.32. The number of hydrogen-bond acceptors (Lipinski definition) is 3. The van der Waals surface area contributed by atoms with Crippen molar-refractivity contribution in [1.82, 2.24) is 5.32 Å². The predicted octanol–water partition coefficient (Wildman–Crippen LogP) is 1.47. The first-order chi connectivity index (χ1) is 10.3. The van der Waals surface area contributed by atoms with Gasteiger partial charge in [0.1, 0.15) is 5.75 Å². The van der Waals surface area contributed by atoms with Crippen LogP contribution in [-0.2, 0) is 11.2 Å². The zero-order chi connectivity index (χ0) is 15.1. The fourth-order valence-electron chi connectivity index (χ4n) is 2.20. The van der Waals surface area contributed by atoms with Gasteiger partial charge in [-0.1, -0.05) is 36.3 Å². The van der Waals surface area contributed by atoms with Crippen molar-refractivity contribution in [2.45, 2.75) is 6.42 Å². The molecule has 2 aromatic rings. The number of carbonyl (C=O) groups excluding carboxylic acids is 1. The van der Waals surface area contributed by atoms with Crippen molar-refractivity contribution >= 4 is 16.7 Å². The second-order valence-corrected chi connectivity index (χ2v) is 4.57. The minimum absolute atomic E-state index is 0.0579. The number of rotatable bonds is 6. The molecule has 0 spiro atoms. The van der Waals surface area contributed by atoms with Crippen LogP contribution in [0.2, 0.25) is 0 Å². The van der Waals surface area contributed by atoms with Crippen molar-refractivity contribution in [1.29, 1.82) is 0 Å². The van der Waals surface area contributed by atoms with Crippen LogP contribution in [0.1, 0.15) is 5.56 Å². The zero-order valence-corrected chi connectivity index (χ0v) is 11.8. The molecule has 0 aliphatic rings. The Morgan fingerprint density at radius 2 is 2.10 bits per heavy atom. The maximum atomic E-state index is 11.6. The standard InChI is InChI=1S/C17H18N2O2/c1-2-11-19-17(20)12-21-16-8-7-13-5-3-4-6-14(13)15(16)9-10-18/h1,3-8H,9-12,18H2,(H,19,20). The van der Waals surface area contributed by atoms with Crippen molar-refractivity contribution in [2.75, 3.05) is 19.7 Å². The van der Waals surface area contributed by atoms with E-state index in [1.165, 1.54) is 0 Å². The summed E-state index contributed by atoms with van der Waals surface area (Å²) in [6.45, 7) is 0.667. The van der Waals surface area contributed by atoms with Crippen molar-refractivity contribution in [3.63, 3.8) is 0 Å². The Morgan fingerprint density at radius 1 is 1.29 bits per heavy atom. The quantitative estimate of drug-likeness (QED) is 0.789. The van der Waals surface area contributed by atoms with Crippen molar-refractivity contribution in [3.05, 3.63) is 42.0 Å². The third kappa shape index (κ3) is 3.74. The number of carbonyl (C=O) groups is 1. The van der Waals surface area contributed by atoms with Gasteiger partial charge in [-0.2, -0.15) is 0 Å². The fourth-order valence-corrected chi connectivity index (χ4v) is 2.20. The summed E-state index contributed by atoms with van der Waals surface area (Å²) in [6, 6.07) is 11.9. The van der Waals surface area contributed by atoms with Crippen LogP contribution in [0, 0.1) is 12.3 Å².